The zero-order valence-electron chi connectivity index (χ0n) is 13.6. The minimum absolute atomic E-state index is 0.147. The SMILES string of the molecule is Cc1ccc(F)cc1C(=O)N1CCC[C@](O)(CN(C)C)CC1. The molecular weight excluding hydrogens is 283 g/mol. The summed E-state index contributed by atoms with van der Waals surface area (Å²) in [4.78, 5) is 16.3. The Bertz CT molecular complexity index is 547. The summed E-state index contributed by atoms with van der Waals surface area (Å²) < 4.78 is 13.4. The molecule has 1 aliphatic heterocycles. The van der Waals surface area contributed by atoms with Gasteiger partial charge in [-0.1, -0.05) is 6.07 Å². The zero-order chi connectivity index (χ0) is 16.3. The van der Waals surface area contributed by atoms with Crippen LogP contribution in [0.3, 0.4) is 0 Å². The molecule has 1 fully saturated rings. The van der Waals surface area contributed by atoms with Gasteiger partial charge in [-0.15, -0.1) is 0 Å². The fourth-order valence-corrected chi connectivity index (χ4v) is 3.12. The molecule has 1 aromatic carbocycles. The number of likely N-dealkylation sites (tertiary alicyclic amines) is 1. The van der Waals surface area contributed by atoms with E-state index in [0.29, 0.717) is 38.0 Å². The van der Waals surface area contributed by atoms with E-state index in [0.717, 1.165) is 12.0 Å². The Balaban J connectivity index is 2.10. The van der Waals surface area contributed by atoms with Gasteiger partial charge < -0.3 is 14.9 Å². The van der Waals surface area contributed by atoms with Crippen LogP contribution in [0.2, 0.25) is 0 Å². The van der Waals surface area contributed by atoms with Gasteiger partial charge in [-0.05, 0) is 58.0 Å². The quantitative estimate of drug-likeness (QED) is 0.929. The molecule has 0 spiro atoms. The van der Waals surface area contributed by atoms with Gasteiger partial charge in [0.25, 0.3) is 5.91 Å². The second-order valence-electron chi connectivity index (χ2n) is 6.57. The maximum Gasteiger partial charge on any atom is 0.254 e. The van der Waals surface area contributed by atoms with Gasteiger partial charge in [0, 0.05) is 25.2 Å². The van der Waals surface area contributed by atoms with Crippen molar-refractivity contribution in [2.45, 2.75) is 31.8 Å². The predicted molar refractivity (Wildman–Crippen MR) is 84.4 cm³/mol. The van der Waals surface area contributed by atoms with Crippen molar-refractivity contribution in [3.63, 3.8) is 0 Å². The number of aliphatic hydroxyl groups is 1. The van der Waals surface area contributed by atoms with E-state index in [9.17, 15) is 14.3 Å². The van der Waals surface area contributed by atoms with Crippen molar-refractivity contribution >= 4 is 5.91 Å². The summed E-state index contributed by atoms with van der Waals surface area (Å²) >= 11 is 0. The Labute approximate surface area is 131 Å². The average molecular weight is 308 g/mol. The first-order valence-electron chi connectivity index (χ1n) is 7.73. The third-order valence-corrected chi connectivity index (χ3v) is 4.25. The zero-order valence-corrected chi connectivity index (χ0v) is 13.6. The molecule has 1 heterocycles. The second-order valence-corrected chi connectivity index (χ2v) is 6.57. The Morgan fingerprint density at radius 3 is 2.77 bits per heavy atom. The van der Waals surface area contributed by atoms with Gasteiger partial charge in [0.2, 0.25) is 0 Å². The fourth-order valence-electron chi connectivity index (χ4n) is 3.12. The molecule has 22 heavy (non-hydrogen) atoms. The van der Waals surface area contributed by atoms with E-state index in [1.54, 1.807) is 11.0 Å². The molecule has 0 saturated carbocycles. The normalized spacial score (nSPS) is 22.7. The van der Waals surface area contributed by atoms with Gasteiger partial charge in [-0.3, -0.25) is 4.79 Å². The molecule has 1 aromatic rings. The van der Waals surface area contributed by atoms with Gasteiger partial charge in [-0.25, -0.2) is 4.39 Å². The van der Waals surface area contributed by atoms with Crippen LogP contribution in [0.5, 0.6) is 0 Å². The summed E-state index contributed by atoms with van der Waals surface area (Å²) in [5.74, 6) is -0.543. The molecule has 122 valence electrons. The fraction of sp³-hybridized carbons (Fsp3) is 0.588. The first-order valence-corrected chi connectivity index (χ1v) is 7.73. The largest absolute Gasteiger partial charge is 0.388 e. The smallest absolute Gasteiger partial charge is 0.254 e. The van der Waals surface area contributed by atoms with Crippen LogP contribution in [0.4, 0.5) is 4.39 Å². The standard InChI is InChI=1S/C17H25FN2O2/c1-13-5-6-14(18)11-15(13)16(21)20-9-4-7-17(22,8-10-20)12-19(2)3/h5-6,11,22H,4,7-10,12H2,1-3H3/t17-/m1/s1. The minimum Gasteiger partial charge on any atom is -0.388 e. The maximum absolute atomic E-state index is 13.4. The van der Waals surface area contributed by atoms with E-state index in [2.05, 4.69) is 0 Å². The van der Waals surface area contributed by atoms with Crippen LogP contribution in [0.1, 0.15) is 35.2 Å². The molecule has 4 nitrogen and oxygen atoms in total. The van der Waals surface area contributed by atoms with E-state index in [-0.39, 0.29) is 5.91 Å². The van der Waals surface area contributed by atoms with Crippen LogP contribution in [-0.2, 0) is 0 Å². The minimum atomic E-state index is -0.754. The lowest BCUT2D eigenvalue weighted by atomic mass is 9.94. The molecule has 0 aliphatic carbocycles. The van der Waals surface area contributed by atoms with Crippen molar-refractivity contribution < 1.29 is 14.3 Å². The third-order valence-electron chi connectivity index (χ3n) is 4.25. The van der Waals surface area contributed by atoms with Crippen molar-refractivity contribution in [2.24, 2.45) is 0 Å². The van der Waals surface area contributed by atoms with E-state index in [1.807, 2.05) is 25.9 Å². The Morgan fingerprint density at radius 1 is 1.36 bits per heavy atom. The van der Waals surface area contributed by atoms with Crippen LogP contribution in [-0.4, -0.2) is 60.1 Å². The van der Waals surface area contributed by atoms with Gasteiger partial charge in [0.1, 0.15) is 5.82 Å². The molecule has 1 aliphatic rings. The molecule has 0 bridgehead atoms. The topological polar surface area (TPSA) is 43.8 Å². The average Bonchev–Trinajstić information content (AvgIpc) is 2.62. The summed E-state index contributed by atoms with van der Waals surface area (Å²) in [5, 5.41) is 10.7. The van der Waals surface area contributed by atoms with Gasteiger partial charge >= 0.3 is 0 Å². The maximum atomic E-state index is 13.4. The van der Waals surface area contributed by atoms with Gasteiger partial charge in [-0.2, -0.15) is 0 Å². The number of rotatable bonds is 3. The number of hydrogen-bond acceptors (Lipinski definition) is 3. The van der Waals surface area contributed by atoms with Crippen LogP contribution in [0, 0.1) is 12.7 Å². The molecule has 1 atom stereocenters. The molecule has 1 amide bonds. The van der Waals surface area contributed by atoms with Gasteiger partial charge in [0.15, 0.2) is 0 Å². The Kier molecular flexibility index (Phi) is 5.19. The van der Waals surface area contributed by atoms with Crippen molar-refractivity contribution in [3.05, 3.63) is 35.1 Å². The van der Waals surface area contributed by atoms with Crippen LogP contribution >= 0.6 is 0 Å². The van der Waals surface area contributed by atoms with Gasteiger partial charge in [0.05, 0.1) is 5.60 Å². The molecule has 1 N–H and O–H groups in total. The molecule has 0 radical (unpaired) electrons. The second kappa shape index (κ2) is 6.75. The number of nitrogens with zero attached hydrogens (tertiary/aromatic N) is 2. The molecule has 0 unspecified atom stereocenters. The highest BCUT2D eigenvalue weighted by Gasteiger charge is 2.32. The molecule has 5 heteroatoms. The highest BCUT2D eigenvalue weighted by atomic mass is 19.1. The van der Waals surface area contributed by atoms with E-state index >= 15 is 0 Å². The van der Waals surface area contributed by atoms with Crippen LogP contribution < -0.4 is 0 Å². The number of carbonyl (C=O) groups excluding carboxylic acids is 1. The van der Waals surface area contributed by atoms with E-state index in [4.69, 9.17) is 0 Å². The molecule has 1 saturated heterocycles. The predicted octanol–water partition coefficient (Wildman–Crippen LogP) is 2.05. The number of benzene rings is 1. The number of aryl methyl sites for hydroxylation is 1. The monoisotopic (exact) mass is 308 g/mol. The summed E-state index contributed by atoms with van der Waals surface area (Å²) in [7, 11) is 3.86. The summed E-state index contributed by atoms with van der Waals surface area (Å²) in [6, 6.07) is 4.29. The lowest BCUT2D eigenvalue weighted by Crippen LogP contribution is -2.41. The highest BCUT2D eigenvalue weighted by Crippen LogP contribution is 2.24. The first-order chi connectivity index (χ1) is 10.3. The van der Waals surface area contributed by atoms with Crippen LogP contribution in [0.25, 0.3) is 0 Å². The van der Waals surface area contributed by atoms with E-state index < -0.39 is 11.4 Å². The van der Waals surface area contributed by atoms with Crippen molar-refractivity contribution in [1.29, 1.82) is 0 Å². The third kappa shape index (κ3) is 4.05. The Hall–Kier alpha value is -1.46. The van der Waals surface area contributed by atoms with Crippen molar-refractivity contribution in [2.75, 3.05) is 33.7 Å². The lowest BCUT2D eigenvalue weighted by Gasteiger charge is -2.30. The number of hydrogen-bond donors (Lipinski definition) is 1. The lowest BCUT2D eigenvalue weighted by molar-refractivity contribution is 0.00305. The van der Waals surface area contributed by atoms with Crippen LogP contribution in [0.15, 0.2) is 18.2 Å². The first kappa shape index (κ1) is 16.9. The van der Waals surface area contributed by atoms with E-state index in [1.165, 1.54) is 12.1 Å². The highest BCUT2D eigenvalue weighted by molar-refractivity contribution is 5.95. The van der Waals surface area contributed by atoms with Crippen molar-refractivity contribution in [1.82, 2.24) is 9.80 Å². The summed E-state index contributed by atoms with van der Waals surface area (Å²) in [6.45, 7) is 3.50. The Morgan fingerprint density at radius 2 is 2.09 bits per heavy atom. The number of halogens is 1. The molecule has 2 rings (SSSR count). The molecular formula is C17H25FN2O2. The number of amides is 1. The number of carbonyl (C=O) groups is 1. The summed E-state index contributed by atoms with van der Waals surface area (Å²) in [5.41, 5.74) is 0.437. The van der Waals surface area contributed by atoms with Crippen molar-refractivity contribution in [3.8, 4) is 0 Å². The molecule has 0 aromatic heterocycles. The number of likely N-dealkylation sites (N-methyl/N-ethyl adjacent to an activating group) is 1. The summed E-state index contributed by atoms with van der Waals surface area (Å²) in [6.07, 6.45) is 1.98.